The summed E-state index contributed by atoms with van der Waals surface area (Å²) in [5.74, 6) is -1.15. The first kappa shape index (κ1) is 24.4. The van der Waals surface area contributed by atoms with Crippen molar-refractivity contribution in [2.45, 2.75) is 38.8 Å². The average Bonchev–Trinajstić information content (AvgIpc) is 2.88. The minimum Gasteiger partial charge on any atom is -0.473 e. The average molecular weight is 476 g/mol. The van der Waals surface area contributed by atoms with Crippen molar-refractivity contribution in [2.24, 2.45) is 5.92 Å². The van der Waals surface area contributed by atoms with Gasteiger partial charge in [0.15, 0.2) is 0 Å². The molecule has 182 valence electrons. The standard InChI is InChI=1S/C26H29N5O4/c1-16-11-19(12-17(2)22(16)14-27)18-6-9-31(10-7-18)26(33)24-21(25(32)30-34)13-20(15-29-24)35-23-5-3-4-8-28-23/h3-6,8,11-12,20-21,24,29,34H,7,9-10,13,15H2,1-2H3,(H,30,32)/t20-,21-,24-/m0/s1. The van der Waals surface area contributed by atoms with Gasteiger partial charge in [0.2, 0.25) is 17.7 Å². The van der Waals surface area contributed by atoms with Crippen molar-refractivity contribution < 1.29 is 19.5 Å². The summed E-state index contributed by atoms with van der Waals surface area (Å²) in [6, 6.07) is 10.8. The quantitative estimate of drug-likeness (QED) is 0.446. The number of hydroxylamine groups is 1. The Balaban J connectivity index is 1.44. The molecule has 0 bridgehead atoms. The minimum atomic E-state index is -0.788. The number of nitrogens with zero attached hydrogens (tertiary/aromatic N) is 3. The van der Waals surface area contributed by atoms with E-state index >= 15 is 0 Å². The van der Waals surface area contributed by atoms with Gasteiger partial charge in [0.1, 0.15) is 6.10 Å². The van der Waals surface area contributed by atoms with Gasteiger partial charge >= 0.3 is 0 Å². The Labute approximate surface area is 204 Å². The molecule has 2 amide bonds. The van der Waals surface area contributed by atoms with Crippen LogP contribution in [0.5, 0.6) is 5.88 Å². The van der Waals surface area contributed by atoms with E-state index in [9.17, 15) is 20.1 Å². The second-order valence-corrected chi connectivity index (χ2v) is 8.97. The fourth-order valence-corrected chi connectivity index (χ4v) is 4.83. The van der Waals surface area contributed by atoms with Crippen molar-refractivity contribution in [1.82, 2.24) is 20.7 Å². The van der Waals surface area contributed by atoms with Crippen LogP contribution in [0.15, 0.2) is 42.6 Å². The lowest BCUT2D eigenvalue weighted by Crippen LogP contribution is -2.60. The van der Waals surface area contributed by atoms with Crippen molar-refractivity contribution >= 4 is 17.4 Å². The number of carbonyl (C=O) groups is 2. The summed E-state index contributed by atoms with van der Waals surface area (Å²) in [5.41, 5.74) is 6.47. The number of aromatic nitrogens is 1. The number of benzene rings is 1. The number of pyridine rings is 1. The third-order valence-corrected chi connectivity index (χ3v) is 6.66. The molecule has 0 spiro atoms. The van der Waals surface area contributed by atoms with Crippen LogP contribution in [0.3, 0.4) is 0 Å². The smallest absolute Gasteiger partial charge is 0.248 e. The summed E-state index contributed by atoms with van der Waals surface area (Å²) >= 11 is 0. The molecule has 35 heavy (non-hydrogen) atoms. The Bertz CT molecular complexity index is 1150. The lowest BCUT2D eigenvalue weighted by Gasteiger charge is -2.38. The van der Waals surface area contributed by atoms with E-state index in [1.807, 2.05) is 38.1 Å². The number of rotatable bonds is 5. The molecule has 1 fully saturated rings. The number of hydrogen-bond donors (Lipinski definition) is 3. The maximum atomic E-state index is 13.4. The number of nitriles is 1. The zero-order valence-corrected chi connectivity index (χ0v) is 19.8. The van der Waals surface area contributed by atoms with Gasteiger partial charge in [-0.15, -0.1) is 0 Å². The third-order valence-electron chi connectivity index (χ3n) is 6.66. The predicted octanol–water partition coefficient (Wildman–Crippen LogP) is 2.12. The van der Waals surface area contributed by atoms with Gasteiger partial charge in [0, 0.05) is 31.9 Å². The van der Waals surface area contributed by atoms with Gasteiger partial charge in [0.25, 0.3) is 0 Å². The molecule has 1 aromatic carbocycles. The van der Waals surface area contributed by atoms with E-state index in [4.69, 9.17) is 4.74 Å². The summed E-state index contributed by atoms with van der Waals surface area (Å²) in [7, 11) is 0. The van der Waals surface area contributed by atoms with Gasteiger partial charge in [-0.2, -0.15) is 5.26 Å². The Morgan fingerprint density at radius 2 is 2.06 bits per heavy atom. The molecule has 3 heterocycles. The summed E-state index contributed by atoms with van der Waals surface area (Å²) in [5, 5.41) is 21.8. The van der Waals surface area contributed by atoms with E-state index in [-0.39, 0.29) is 18.4 Å². The van der Waals surface area contributed by atoms with Gasteiger partial charge in [-0.25, -0.2) is 10.5 Å². The first-order valence-electron chi connectivity index (χ1n) is 11.7. The van der Waals surface area contributed by atoms with Crippen LogP contribution in [0.2, 0.25) is 0 Å². The van der Waals surface area contributed by atoms with Crippen LogP contribution in [0.4, 0.5) is 0 Å². The van der Waals surface area contributed by atoms with Crippen LogP contribution in [0, 0.1) is 31.1 Å². The van der Waals surface area contributed by atoms with Crippen molar-refractivity contribution in [2.75, 3.05) is 19.6 Å². The second kappa shape index (κ2) is 10.7. The van der Waals surface area contributed by atoms with Gasteiger partial charge in [0.05, 0.1) is 23.6 Å². The Hall–Kier alpha value is -3.74. The van der Waals surface area contributed by atoms with E-state index < -0.39 is 17.9 Å². The van der Waals surface area contributed by atoms with Crippen molar-refractivity contribution in [3.05, 3.63) is 64.9 Å². The molecule has 2 aliphatic rings. The minimum absolute atomic E-state index is 0.183. The molecule has 3 atom stereocenters. The van der Waals surface area contributed by atoms with Crippen molar-refractivity contribution in [3.8, 4) is 11.9 Å². The van der Waals surface area contributed by atoms with Crippen LogP contribution >= 0.6 is 0 Å². The van der Waals surface area contributed by atoms with Crippen molar-refractivity contribution in [3.63, 3.8) is 0 Å². The molecule has 2 aromatic rings. The highest BCUT2D eigenvalue weighted by Crippen LogP contribution is 2.28. The normalized spacial score (nSPS) is 22.1. The lowest BCUT2D eigenvalue weighted by atomic mass is 9.87. The first-order valence-corrected chi connectivity index (χ1v) is 11.7. The maximum Gasteiger partial charge on any atom is 0.248 e. The van der Waals surface area contributed by atoms with E-state index in [1.165, 1.54) is 0 Å². The van der Waals surface area contributed by atoms with Crippen LogP contribution in [-0.4, -0.2) is 58.7 Å². The van der Waals surface area contributed by atoms with Crippen LogP contribution in [-0.2, 0) is 9.59 Å². The summed E-state index contributed by atoms with van der Waals surface area (Å²) in [4.78, 5) is 31.7. The van der Waals surface area contributed by atoms with Gasteiger partial charge < -0.3 is 15.0 Å². The number of nitrogens with one attached hydrogen (secondary N) is 2. The number of carbonyl (C=O) groups excluding carboxylic acids is 2. The molecule has 1 saturated heterocycles. The lowest BCUT2D eigenvalue weighted by molar-refractivity contribution is -0.145. The highest BCUT2D eigenvalue weighted by atomic mass is 16.5. The van der Waals surface area contributed by atoms with E-state index in [0.717, 1.165) is 22.3 Å². The molecule has 9 heteroatoms. The molecule has 9 nitrogen and oxygen atoms in total. The van der Waals surface area contributed by atoms with E-state index in [0.29, 0.717) is 37.5 Å². The first-order chi connectivity index (χ1) is 16.9. The molecule has 3 N–H and O–H groups in total. The van der Waals surface area contributed by atoms with E-state index in [1.54, 1.807) is 28.7 Å². The third kappa shape index (κ3) is 5.34. The Morgan fingerprint density at radius 1 is 1.29 bits per heavy atom. The van der Waals surface area contributed by atoms with E-state index in [2.05, 4.69) is 16.4 Å². The number of ether oxygens (including phenoxy) is 1. The fraction of sp³-hybridized carbons (Fsp3) is 0.385. The second-order valence-electron chi connectivity index (χ2n) is 8.97. The Kier molecular flexibility index (Phi) is 7.44. The maximum absolute atomic E-state index is 13.4. The molecule has 0 saturated carbocycles. The van der Waals surface area contributed by atoms with Crippen molar-refractivity contribution in [1.29, 1.82) is 5.26 Å². The van der Waals surface area contributed by atoms with Gasteiger partial charge in [-0.3, -0.25) is 14.8 Å². The SMILES string of the molecule is Cc1cc(C2=CCN(C(=O)[C@H]3NC[C@@H](Oc4ccccn4)C[C@@H]3C(=O)NO)CC2)cc(C)c1C#N. The number of amides is 2. The molecule has 4 rings (SSSR count). The topological polar surface area (TPSA) is 128 Å². The zero-order chi connectivity index (χ0) is 24.9. The number of hydrogen-bond acceptors (Lipinski definition) is 7. The fourth-order valence-electron chi connectivity index (χ4n) is 4.83. The number of piperidine rings is 1. The monoisotopic (exact) mass is 475 g/mol. The summed E-state index contributed by atoms with van der Waals surface area (Å²) in [6.07, 6.45) is 4.22. The molecular formula is C26H29N5O4. The zero-order valence-electron chi connectivity index (χ0n) is 19.8. The molecule has 0 aliphatic carbocycles. The molecule has 1 aromatic heterocycles. The molecule has 2 aliphatic heterocycles. The summed E-state index contributed by atoms with van der Waals surface area (Å²) in [6.45, 7) is 5.18. The van der Waals surface area contributed by atoms with Crippen LogP contribution in [0.25, 0.3) is 5.57 Å². The van der Waals surface area contributed by atoms with Gasteiger partial charge in [-0.05, 0) is 55.0 Å². The highest BCUT2D eigenvalue weighted by molar-refractivity contribution is 5.90. The van der Waals surface area contributed by atoms with Gasteiger partial charge in [-0.1, -0.05) is 24.3 Å². The molecule has 0 radical (unpaired) electrons. The molecule has 0 unspecified atom stereocenters. The number of aryl methyl sites for hydroxylation is 2. The Morgan fingerprint density at radius 3 is 2.66 bits per heavy atom. The summed E-state index contributed by atoms with van der Waals surface area (Å²) < 4.78 is 5.86. The molecular weight excluding hydrogens is 446 g/mol. The van der Waals surface area contributed by atoms with Crippen LogP contribution < -0.4 is 15.5 Å². The van der Waals surface area contributed by atoms with Crippen LogP contribution in [0.1, 0.15) is 35.1 Å². The largest absolute Gasteiger partial charge is 0.473 e. The predicted molar refractivity (Wildman–Crippen MR) is 128 cm³/mol. The highest BCUT2D eigenvalue weighted by Gasteiger charge is 2.42.